The summed E-state index contributed by atoms with van der Waals surface area (Å²) in [6, 6.07) is 10.1. The molecule has 1 fully saturated rings. The van der Waals surface area contributed by atoms with E-state index in [0.29, 0.717) is 6.54 Å². The van der Waals surface area contributed by atoms with Crippen LogP contribution in [0, 0.1) is 19.8 Å². The molecule has 24 heavy (non-hydrogen) atoms. The number of rotatable bonds is 4. The number of halogens is 1. The van der Waals surface area contributed by atoms with E-state index in [1.54, 1.807) is 0 Å². The van der Waals surface area contributed by atoms with Crippen molar-refractivity contribution in [3.05, 3.63) is 47.3 Å². The van der Waals surface area contributed by atoms with E-state index in [4.69, 9.17) is 0 Å². The van der Waals surface area contributed by atoms with Gasteiger partial charge in [0.25, 0.3) is 0 Å². The molecule has 0 bridgehead atoms. The number of piperidine rings is 1. The summed E-state index contributed by atoms with van der Waals surface area (Å²) in [5.74, 6) is 0.233. The van der Waals surface area contributed by atoms with Crippen LogP contribution in [0.4, 0.5) is 0 Å². The number of aryl methyl sites for hydroxylation is 1. The first-order valence-electron chi connectivity index (χ1n) is 8.26. The van der Waals surface area contributed by atoms with Crippen LogP contribution in [0.2, 0.25) is 0 Å². The fraction of sp³-hybridized carbons (Fsp3) is 0.444. The molecule has 0 spiro atoms. The topological polar surface area (TPSA) is 59.0 Å². The molecule has 1 aliphatic heterocycles. The molecular formula is C18H25ClN4O. The Morgan fingerprint density at radius 2 is 2.08 bits per heavy atom. The van der Waals surface area contributed by atoms with Crippen LogP contribution in [-0.2, 0) is 11.3 Å². The highest BCUT2D eigenvalue weighted by molar-refractivity contribution is 5.85. The summed E-state index contributed by atoms with van der Waals surface area (Å²) in [5.41, 5.74) is 4.19. The summed E-state index contributed by atoms with van der Waals surface area (Å²) in [4.78, 5) is 12.3. The smallest absolute Gasteiger partial charge is 0.224 e. The van der Waals surface area contributed by atoms with Crippen LogP contribution < -0.4 is 10.6 Å². The number of nitrogens with zero attached hydrogens (tertiary/aromatic N) is 2. The Balaban J connectivity index is 0.00000208. The molecule has 1 saturated heterocycles. The van der Waals surface area contributed by atoms with Crippen LogP contribution in [0.5, 0.6) is 0 Å². The Hall–Kier alpha value is -1.85. The quantitative estimate of drug-likeness (QED) is 0.892. The Morgan fingerprint density at radius 3 is 2.75 bits per heavy atom. The normalized spacial score (nSPS) is 17.2. The number of aromatic nitrogens is 2. The van der Waals surface area contributed by atoms with E-state index >= 15 is 0 Å². The van der Waals surface area contributed by atoms with E-state index in [9.17, 15) is 4.79 Å². The van der Waals surface area contributed by atoms with Gasteiger partial charge in [0.05, 0.1) is 17.3 Å². The zero-order valence-corrected chi connectivity index (χ0v) is 15.0. The van der Waals surface area contributed by atoms with E-state index in [1.165, 1.54) is 0 Å². The van der Waals surface area contributed by atoms with Gasteiger partial charge < -0.3 is 10.6 Å². The average Bonchev–Trinajstić information content (AvgIpc) is 2.88. The minimum Gasteiger partial charge on any atom is -0.352 e. The molecule has 3 rings (SSSR count). The molecule has 130 valence electrons. The highest BCUT2D eigenvalue weighted by atomic mass is 35.5. The summed E-state index contributed by atoms with van der Waals surface area (Å²) in [5, 5.41) is 11.0. The van der Waals surface area contributed by atoms with E-state index < -0.39 is 0 Å². The molecule has 6 heteroatoms. The van der Waals surface area contributed by atoms with Crippen LogP contribution in [0.15, 0.2) is 30.3 Å². The monoisotopic (exact) mass is 348 g/mol. The highest BCUT2D eigenvalue weighted by Gasteiger charge is 2.21. The van der Waals surface area contributed by atoms with Crippen LogP contribution in [0.25, 0.3) is 5.69 Å². The van der Waals surface area contributed by atoms with E-state index in [0.717, 1.165) is 48.6 Å². The summed E-state index contributed by atoms with van der Waals surface area (Å²) in [7, 11) is 0. The van der Waals surface area contributed by atoms with Crippen molar-refractivity contribution in [2.75, 3.05) is 13.1 Å². The predicted molar refractivity (Wildman–Crippen MR) is 97.7 cm³/mol. The second-order valence-corrected chi connectivity index (χ2v) is 6.16. The molecule has 1 atom stereocenters. The molecule has 1 amide bonds. The van der Waals surface area contributed by atoms with Crippen molar-refractivity contribution in [1.29, 1.82) is 0 Å². The van der Waals surface area contributed by atoms with Crippen LogP contribution in [0.1, 0.15) is 29.8 Å². The molecule has 1 aromatic heterocycles. The average molecular weight is 349 g/mol. The lowest BCUT2D eigenvalue weighted by molar-refractivity contribution is -0.125. The summed E-state index contributed by atoms with van der Waals surface area (Å²) in [6.07, 6.45) is 2.04. The van der Waals surface area contributed by atoms with Crippen molar-refractivity contribution in [3.63, 3.8) is 0 Å². The maximum Gasteiger partial charge on any atom is 0.224 e. The van der Waals surface area contributed by atoms with Crippen molar-refractivity contribution in [2.24, 2.45) is 5.92 Å². The van der Waals surface area contributed by atoms with Gasteiger partial charge in [0.2, 0.25) is 5.91 Å². The van der Waals surface area contributed by atoms with E-state index in [2.05, 4.69) is 22.7 Å². The first kappa shape index (κ1) is 18.5. The third-order valence-electron chi connectivity index (χ3n) is 4.55. The number of amides is 1. The first-order valence-corrected chi connectivity index (χ1v) is 8.26. The van der Waals surface area contributed by atoms with Crippen molar-refractivity contribution in [2.45, 2.75) is 33.2 Å². The van der Waals surface area contributed by atoms with Gasteiger partial charge in [0.1, 0.15) is 0 Å². The Morgan fingerprint density at radius 1 is 1.33 bits per heavy atom. The minimum atomic E-state index is 0. The number of hydrogen-bond acceptors (Lipinski definition) is 3. The third kappa shape index (κ3) is 3.97. The molecule has 5 nitrogen and oxygen atoms in total. The molecule has 1 aromatic carbocycles. The summed E-state index contributed by atoms with van der Waals surface area (Å²) < 4.78 is 1.94. The molecule has 2 aromatic rings. The minimum absolute atomic E-state index is 0. The van der Waals surface area contributed by atoms with Crippen LogP contribution in [0.3, 0.4) is 0 Å². The zero-order chi connectivity index (χ0) is 16.2. The Labute approximate surface area is 149 Å². The largest absolute Gasteiger partial charge is 0.352 e. The standard InChI is InChI=1S/C18H24N4O.ClH/c1-13-17(12-20-18(23)15-7-6-10-19-11-15)14(2)22(21-13)16-8-4-3-5-9-16;/h3-5,8-9,15,19H,6-7,10-12H2,1-2H3,(H,20,23);1H. The van der Waals surface area contributed by atoms with Gasteiger partial charge in [-0.3, -0.25) is 4.79 Å². The lowest BCUT2D eigenvalue weighted by atomic mass is 9.99. The molecule has 0 aliphatic carbocycles. The molecule has 0 radical (unpaired) electrons. The SMILES string of the molecule is Cc1nn(-c2ccccc2)c(C)c1CNC(=O)C1CCCNC1.Cl. The third-order valence-corrected chi connectivity index (χ3v) is 4.55. The van der Waals surface area contributed by atoms with Gasteiger partial charge in [-0.1, -0.05) is 18.2 Å². The number of benzene rings is 1. The number of nitrogens with one attached hydrogen (secondary N) is 2. The lowest BCUT2D eigenvalue weighted by Gasteiger charge is -2.21. The Bertz CT molecular complexity index is 678. The molecule has 0 saturated carbocycles. The summed E-state index contributed by atoms with van der Waals surface area (Å²) >= 11 is 0. The number of hydrogen-bond donors (Lipinski definition) is 2. The lowest BCUT2D eigenvalue weighted by Crippen LogP contribution is -2.40. The van der Waals surface area contributed by atoms with Gasteiger partial charge in [-0.15, -0.1) is 12.4 Å². The van der Waals surface area contributed by atoms with E-state index in [1.807, 2.05) is 41.9 Å². The maximum absolute atomic E-state index is 12.3. The number of carbonyl (C=O) groups is 1. The highest BCUT2D eigenvalue weighted by Crippen LogP contribution is 2.18. The number of para-hydroxylation sites is 1. The van der Waals surface area contributed by atoms with Gasteiger partial charge in [-0.25, -0.2) is 4.68 Å². The molecule has 2 heterocycles. The second kappa shape index (κ2) is 8.31. The van der Waals surface area contributed by atoms with Gasteiger partial charge in [0.15, 0.2) is 0 Å². The van der Waals surface area contributed by atoms with Crippen molar-refractivity contribution in [1.82, 2.24) is 20.4 Å². The fourth-order valence-electron chi connectivity index (χ4n) is 3.15. The van der Waals surface area contributed by atoms with Gasteiger partial charge >= 0.3 is 0 Å². The molecule has 1 unspecified atom stereocenters. The van der Waals surface area contributed by atoms with Crippen molar-refractivity contribution < 1.29 is 4.79 Å². The van der Waals surface area contributed by atoms with Gasteiger partial charge in [0, 0.05) is 24.3 Å². The van der Waals surface area contributed by atoms with Crippen molar-refractivity contribution >= 4 is 18.3 Å². The second-order valence-electron chi connectivity index (χ2n) is 6.16. The Kier molecular flexibility index (Phi) is 6.40. The first-order chi connectivity index (χ1) is 11.2. The van der Waals surface area contributed by atoms with Crippen molar-refractivity contribution in [3.8, 4) is 5.69 Å². The predicted octanol–water partition coefficient (Wildman–Crippen LogP) is 2.53. The van der Waals surface area contributed by atoms with Crippen LogP contribution >= 0.6 is 12.4 Å². The number of carbonyl (C=O) groups excluding carboxylic acids is 1. The fourth-order valence-corrected chi connectivity index (χ4v) is 3.15. The zero-order valence-electron chi connectivity index (χ0n) is 14.2. The molecular weight excluding hydrogens is 324 g/mol. The van der Waals surface area contributed by atoms with E-state index in [-0.39, 0.29) is 24.2 Å². The summed E-state index contributed by atoms with van der Waals surface area (Å²) in [6.45, 7) is 6.39. The molecule has 1 aliphatic rings. The maximum atomic E-state index is 12.3. The van der Waals surface area contributed by atoms with Crippen LogP contribution in [-0.4, -0.2) is 28.8 Å². The van der Waals surface area contributed by atoms with Gasteiger partial charge in [-0.2, -0.15) is 5.10 Å². The van der Waals surface area contributed by atoms with Gasteiger partial charge in [-0.05, 0) is 45.4 Å². The molecule has 2 N–H and O–H groups in total.